The van der Waals surface area contributed by atoms with Crippen molar-refractivity contribution < 1.29 is 9.53 Å². The third-order valence-electron chi connectivity index (χ3n) is 3.26. The lowest BCUT2D eigenvalue weighted by Crippen LogP contribution is -2.37. The predicted octanol–water partition coefficient (Wildman–Crippen LogP) is 2.40. The van der Waals surface area contributed by atoms with Gasteiger partial charge in [-0.2, -0.15) is 0 Å². The molecular weight excluding hydrogens is 284 g/mol. The van der Waals surface area contributed by atoms with E-state index in [9.17, 15) is 4.79 Å². The van der Waals surface area contributed by atoms with Gasteiger partial charge in [0.2, 0.25) is 5.91 Å². The van der Waals surface area contributed by atoms with Crippen molar-refractivity contribution in [3.8, 4) is 5.75 Å². The summed E-state index contributed by atoms with van der Waals surface area (Å²) in [4.78, 5) is 14.5. The molecule has 0 fully saturated rings. The second-order valence-electron chi connectivity index (χ2n) is 5.29. The molecule has 0 aliphatic carbocycles. The molecule has 1 aromatic carbocycles. The lowest BCUT2D eigenvalue weighted by molar-refractivity contribution is -0.134. The lowest BCUT2D eigenvalue weighted by atomic mass is 10.1. The van der Waals surface area contributed by atoms with Crippen LogP contribution in [0.25, 0.3) is 0 Å². The van der Waals surface area contributed by atoms with Crippen LogP contribution in [0.4, 0.5) is 0 Å². The molecular formula is C16H24N2O2S. The molecule has 1 rings (SSSR count). The molecule has 0 unspecified atom stereocenters. The molecule has 0 spiro atoms. The zero-order chi connectivity index (χ0) is 15.8. The summed E-state index contributed by atoms with van der Waals surface area (Å²) in [5.74, 6) is 0.953. The zero-order valence-corrected chi connectivity index (χ0v) is 13.8. The number of amides is 1. The Morgan fingerprint density at radius 1 is 1.29 bits per heavy atom. The molecule has 1 aromatic rings. The third kappa shape index (κ3) is 6.12. The van der Waals surface area contributed by atoms with E-state index in [-0.39, 0.29) is 11.8 Å². The Bertz CT molecular complexity index is 472. The summed E-state index contributed by atoms with van der Waals surface area (Å²) in [6, 6.07) is 7.90. The maximum atomic E-state index is 12.2. The highest BCUT2D eigenvalue weighted by molar-refractivity contribution is 7.80. The van der Waals surface area contributed by atoms with Gasteiger partial charge in [0.05, 0.1) is 12.1 Å². The molecule has 0 radical (unpaired) electrons. The van der Waals surface area contributed by atoms with Crippen LogP contribution in [0.5, 0.6) is 5.75 Å². The second-order valence-corrected chi connectivity index (χ2v) is 5.82. The van der Waals surface area contributed by atoms with Crippen molar-refractivity contribution in [1.82, 2.24) is 4.90 Å². The third-order valence-corrected chi connectivity index (χ3v) is 3.47. The Kier molecular flexibility index (Phi) is 7.15. The first-order chi connectivity index (χ1) is 9.93. The number of hydrogen-bond donors (Lipinski definition) is 1. The number of thiocarbonyl (C=S) groups is 1. The van der Waals surface area contributed by atoms with Crippen molar-refractivity contribution in [2.75, 3.05) is 20.2 Å². The quantitative estimate of drug-likeness (QED) is 0.749. The Hall–Kier alpha value is -1.62. The molecule has 5 heteroatoms. The smallest absolute Gasteiger partial charge is 0.225 e. The highest BCUT2D eigenvalue weighted by Crippen LogP contribution is 2.12. The minimum absolute atomic E-state index is 0.0211. The number of rotatable bonds is 8. The number of benzene rings is 1. The molecule has 0 saturated carbocycles. The summed E-state index contributed by atoms with van der Waals surface area (Å²) in [5.41, 5.74) is 6.71. The normalized spacial score (nSPS) is 10.5. The predicted molar refractivity (Wildman–Crippen MR) is 89.5 cm³/mol. The first-order valence-corrected chi connectivity index (χ1v) is 7.55. The van der Waals surface area contributed by atoms with Crippen LogP contribution in [0.2, 0.25) is 0 Å². The van der Waals surface area contributed by atoms with Crippen molar-refractivity contribution in [3.05, 3.63) is 29.8 Å². The van der Waals surface area contributed by atoms with Crippen molar-refractivity contribution in [2.45, 2.75) is 26.7 Å². The van der Waals surface area contributed by atoms with Crippen LogP contribution in [-0.2, 0) is 11.2 Å². The minimum atomic E-state index is -0.0211. The molecule has 0 saturated heterocycles. The molecule has 116 valence electrons. The van der Waals surface area contributed by atoms with E-state index in [0.717, 1.165) is 12.2 Å². The van der Waals surface area contributed by atoms with E-state index in [4.69, 9.17) is 22.7 Å². The van der Waals surface area contributed by atoms with E-state index in [1.165, 1.54) is 5.56 Å². The number of hydrogen-bond acceptors (Lipinski definition) is 3. The van der Waals surface area contributed by atoms with Crippen LogP contribution in [0.1, 0.15) is 25.8 Å². The molecule has 21 heavy (non-hydrogen) atoms. The van der Waals surface area contributed by atoms with Gasteiger partial charge in [0, 0.05) is 25.4 Å². The highest BCUT2D eigenvalue weighted by atomic mass is 32.1. The van der Waals surface area contributed by atoms with E-state index in [1.54, 1.807) is 7.11 Å². The minimum Gasteiger partial charge on any atom is -0.497 e. The van der Waals surface area contributed by atoms with E-state index >= 15 is 0 Å². The molecule has 1 amide bonds. The van der Waals surface area contributed by atoms with E-state index in [1.807, 2.05) is 43.0 Å². The highest BCUT2D eigenvalue weighted by Gasteiger charge is 2.16. The molecule has 0 heterocycles. The monoisotopic (exact) mass is 308 g/mol. The molecule has 0 bridgehead atoms. The molecule has 0 atom stereocenters. The van der Waals surface area contributed by atoms with Gasteiger partial charge in [-0.1, -0.05) is 38.2 Å². The average molecular weight is 308 g/mol. The maximum absolute atomic E-state index is 12.2. The van der Waals surface area contributed by atoms with Gasteiger partial charge in [0.1, 0.15) is 5.75 Å². The summed E-state index contributed by atoms with van der Waals surface area (Å²) in [6.07, 6.45) is 1.37. The maximum Gasteiger partial charge on any atom is 0.225 e. The summed E-state index contributed by atoms with van der Waals surface area (Å²) < 4.78 is 5.14. The first kappa shape index (κ1) is 17.4. The van der Waals surface area contributed by atoms with Gasteiger partial charge in [-0.3, -0.25) is 4.79 Å². The molecule has 4 nitrogen and oxygen atoms in total. The molecule has 0 aliphatic rings. The summed E-state index contributed by atoms with van der Waals surface area (Å²) in [5, 5.41) is 0. The van der Waals surface area contributed by atoms with E-state index < -0.39 is 0 Å². The van der Waals surface area contributed by atoms with E-state index in [0.29, 0.717) is 24.5 Å². The topological polar surface area (TPSA) is 55.6 Å². The fourth-order valence-corrected chi connectivity index (χ4v) is 2.09. The number of nitrogens with zero attached hydrogens (tertiary/aromatic N) is 1. The zero-order valence-electron chi connectivity index (χ0n) is 13.0. The van der Waals surface area contributed by atoms with Crippen LogP contribution >= 0.6 is 12.2 Å². The molecule has 2 N–H and O–H groups in total. The largest absolute Gasteiger partial charge is 0.497 e. The SMILES string of the molecule is COc1ccc(CCN(CCC(N)=S)C(=O)C(C)C)cc1. The summed E-state index contributed by atoms with van der Waals surface area (Å²) in [6.45, 7) is 5.07. The van der Waals surface area contributed by atoms with Gasteiger partial charge >= 0.3 is 0 Å². The Labute approximate surface area is 132 Å². The standard InChI is InChI=1S/C16H24N2O2S/c1-12(2)16(19)18(11-9-15(17)21)10-8-13-4-6-14(20-3)7-5-13/h4-7,12H,8-11H2,1-3H3,(H2,17,21). The van der Waals surface area contributed by atoms with Crippen LogP contribution in [0.3, 0.4) is 0 Å². The van der Waals surface area contributed by atoms with Gasteiger partial charge in [-0.25, -0.2) is 0 Å². The second kappa shape index (κ2) is 8.62. The van der Waals surface area contributed by atoms with Gasteiger partial charge in [0.15, 0.2) is 0 Å². The number of methoxy groups -OCH3 is 1. The van der Waals surface area contributed by atoms with Crippen molar-refractivity contribution in [1.29, 1.82) is 0 Å². The van der Waals surface area contributed by atoms with Gasteiger partial charge in [-0.15, -0.1) is 0 Å². The van der Waals surface area contributed by atoms with Gasteiger partial charge in [0.25, 0.3) is 0 Å². The van der Waals surface area contributed by atoms with Gasteiger partial charge < -0.3 is 15.4 Å². The summed E-state index contributed by atoms with van der Waals surface area (Å²) >= 11 is 4.90. The van der Waals surface area contributed by atoms with Crippen LogP contribution in [-0.4, -0.2) is 36.0 Å². The fourth-order valence-electron chi connectivity index (χ4n) is 2.00. The van der Waals surface area contributed by atoms with Crippen molar-refractivity contribution >= 4 is 23.1 Å². The Morgan fingerprint density at radius 3 is 2.38 bits per heavy atom. The number of carbonyl (C=O) groups excluding carboxylic acids is 1. The lowest BCUT2D eigenvalue weighted by Gasteiger charge is -2.24. The van der Waals surface area contributed by atoms with Crippen molar-refractivity contribution in [2.24, 2.45) is 11.7 Å². The van der Waals surface area contributed by atoms with Crippen LogP contribution < -0.4 is 10.5 Å². The summed E-state index contributed by atoms with van der Waals surface area (Å²) in [7, 11) is 1.65. The average Bonchev–Trinajstić information content (AvgIpc) is 2.47. The first-order valence-electron chi connectivity index (χ1n) is 7.14. The number of ether oxygens (including phenoxy) is 1. The Morgan fingerprint density at radius 2 is 1.90 bits per heavy atom. The fraction of sp³-hybridized carbons (Fsp3) is 0.500. The van der Waals surface area contributed by atoms with Crippen LogP contribution in [0, 0.1) is 5.92 Å². The van der Waals surface area contributed by atoms with Crippen LogP contribution in [0.15, 0.2) is 24.3 Å². The number of nitrogens with two attached hydrogens (primary N) is 1. The van der Waals surface area contributed by atoms with Gasteiger partial charge in [-0.05, 0) is 24.1 Å². The van der Waals surface area contributed by atoms with E-state index in [2.05, 4.69) is 0 Å². The number of carbonyl (C=O) groups is 1. The molecule has 0 aromatic heterocycles. The van der Waals surface area contributed by atoms with Crippen molar-refractivity contribution in [3.63, 3.8) is 0 Å². The molecule has 0 aliphatic heterocycles. The Balaban J connectivity index is 2.62.